The molecule has 4 rings (SSSR count). The molecule has 0 heterocycles. The first-order chi connectivity index (χ1) is 16.2. The first-order valence-electron chi connectivity index (χ1n) is 11.4. The van der Waals surface area contributed by atoms with E-state index in [0.29, 0.717) is 16.5 Å². The molecule has 0 saturated heterocycles. The molecule has 1 fully saturated rings. The zero-order valence-electron chi connectivity index (χ0n) is 19.8. The Bertz CT molecular complexity index is 1250. The van der Waals surface area contributed by atoms with Gasteiger partial charge in [-0.1, -0.05) is 62.4 Å². The van der Waals surface area contributed by atoms with E-state index in [4.69, 9.17) is 5.73 Å². The Morgan fingerprint density at radius 1 is 1.15 bits per heavy atom. The van der Waals surface area contributed by atoms with Gasteiger partial charge in [0.05, 0.1) is 0 Å². The highest BCUT2D eigenvalue weighted by Gasteiger charge is 2.39. The quantitative estimate of drug-likeness (QED) is 0.191. The van der Waals surface area contributed by atoms with Crippen LogP contribution >= 0.6 is 9.24 Å². The van der Waals surface area contributed by atoms with E-state index in [-0.39, 0.29) is 11.5 Å². The molecule has 0 spiro atoms. The van der Waals surface area contributed by atoms with E-state index in [1.54, 1.807) is 12.1 Å². The van der Waals surface area contributed by atoms with E-state index in [1.165, 1.54) is 47.5 Å². The number of carbonyl (C=O) groups is 1. The summed E-state index contributed by atoms with van der Waals surface area (Å²) in [4.78, 5) is 14.4. The maximum Gasteiger partial charge on any atom is 0.331 e. The van der Waals surface area contributed by atoms with Gasteiger partial charge in [0.1, 0.15) is 0 Å². The minimum absolute atomic E-state index is 0.0484. The summed E-state index contributed by atoms with van der Waals surface area (Å²) in [5.74, 6) is -0.0484. The van der Waals surface area contributed by atoms with Crippen molar-refractivity contribution in [3.05, 3.63) is 82.9 Å². The van der Waals surface area contributed by atoms with Crippen molar-refractivity contribution in [1.82, 2.24) is 0 Å². The summed E-state index contributed by atoms with van der Waals surface area (Å²) >= 11 is 0. The van der Waals surface area contributed by atoms with Gasteiger partial charge in [0.15, 0.2) is 5.78 Å². The number of aliphatic imine (C=N–C) groups is 1. The third-order valence-electron chi connectivity index (χ3n) is 6.26. The maximum absolute atomic E-state index is 11.8. The molecule has 1 aliphatic carbocycles. The summed E-state index contributed by atoms with van der Waals surface area (Å²) in [6, 6.07) is 18.5. The summed E-state index contributed by atoms with van der Waals surface area (Å²) in [5, 5.41) is 4.12. The van der Waals surface area contributed by atoms with Crippen molar-refractivity contribution in [1.29, 1.82) is 0 Å². The number of fused-ring (bicyclic) bond motifs is 1. The molecule has 3 aromatic carbocycles. The second kappa shape index (κ2) is 11.0. The molecule has 1 saturated carbocycles. The van der Waals surface area contributed by atoms with E-state index in [9.17, 15) is 13.6 Å². The predicted octanol–water partition coefficient (Wildman–Crippen LogP) is 6.44. The predicted molar refractivity (Wildman–Crippen MR) is 142 cm³/mol. The summed E-state index contributed by atoms with van der Waals surface area (Å²) in [6.45, 7) is 3.06. The Morgan fingerprint density at radius 2 is 1.82 bits per heavy atom. The summed E-state index contributed by atoms with van der Waals surface area (Å²) in [6.07, 6.45) is 5.67. The lowest BCUT2D eigenvalue weighted by molar-refractivity contribution is 0.101. The van der Waals surface area contributed by atoms with E-state index in [1.807, 2.05) is 13.0 Å². The number of hydrogen-bond donors (Lipinski definition) is 1. The number of alkyl halides is 2. The van der Waals surface area contributed by atoms with Gasteiger partial charge in [-0.15, -0.1) is 9.24 Å². The van der Waals surface area contributed by atoms with Crippen LogP contribution in [0.3, 0.4) is 0 Å². The van der Waals surface area contributed by atoms with Gasteiger partial charge in [-0.3, -0.25) is 4.79 Å². The minimum atomic E-state index is -2.75. The third-order valence-corrected chi connectivity index (χ3v) is 6.77. The molecule has 1 atom stereocenters. The molecule has 0 aliphatic heterocycles. The molecule has 178 valence electrons. The minimum Gasteiger partial charge on any atom is -0.398 e. The van der Waals surface area contributed by atoms with Crippen molar-refractivity contribution in [3.8, 4) is 0 Å². The summed E-state index contributed by atoms with van der Waals surface area (Å²) in [5.41, 5.74) is 10.2. The molecule has 3 nitrogen and oxygen atoms in total. The molecule has 6 heteroatoms. The van der Waals surface area contributed by atoms with Gasteiger partial charge in [-0.2, -0.15) is 8.78 Å². The SMILES string of the molecule is CC1(c2ccc(P)c3ccccc23)CC1.CCc1ccc(/C(N)=C/C=N/C(F)F)cc1C(C)=O. The zero-order chi connectivity index (χ0) is 24.9. The fourth-order valence-corrected chi connectivity index (χ4v) is 4.33. The molecule has 1 aliphatic rings. The van der Waals surface area contributed by atoms with Gasteiger partial charge in [0.25, 0.3) is 0 Å². The highest BCUT2D eigenvalue weighted by molar-refractivity contribution is 7.28. The lowest BCUT2D eigenvalue weighted by Gasteiger charge is -2.14. The van der Waals surface area contributed by atoms with Crippen LogP contribution in [0.2, 0.25) is 0 Å². The number of nitrogens with zero attached hydrogens (tertiary/aromatic N) is 1. The van der Waals surface area contributed by atoms with E-state index in [0.717, 1.165) is 18.2 Å². The maximum atomic E-state index is 11.8. The Labute approximate surface area is 202 Å². The first-order valence-corrected chi connectivity index (χ1v) is 11.9. The molecule has 0 amide bonds. The molecule has 2 N–H and O–H groups in total. The van der Waals surface area contributed by atoms with Crippen molar-refractivity contribution >= 4 is 43.0 Å². The van der Waals surface area contributed by atoms with Gasteiger partial charge < -0.3 is 5.73 Å². The number of allylic oxidation sites excluding steroid dienone is 1. The Balaban J connectivity index is 0.000000195. The van der Waals surface area contributed by atoms with Crippen LogP contribution in [0.1, 0.15) is 60.7 Å². The third kappa shape index (κ3) is 6.15. The molecule has 0 radical (unpaired) electrons. The van der Waals surface area contributed by atoms with E-state index >= 15 is 0 Å². The number of hydrogen-bond acceptors (Lipinski definition) is 3. The molecule has 1 unspecified atom stereocenters. The number of Topliss-reactive ketones (excluding diaryl/α,β-unsaturated/α-hetero) is 1. The highest BCUT2D eigenvalue weighted by atomic mass is 31.0. The molecule has 0 bridgehead atoms. The molecule has 3 aromatic rings. The topological polar surface area (TPSA) is 55.4 Å². The molecule has 0 aromatic heterocycles. The van der Waals surface area contributed by atoms with Crippen LogP contribution in [0.25, 0.3) is 16.5 Å². The average molecular weight is 481 g/mol. The number of nitrogens with two attached hydrogens (primary N) is 1. The number of ketones is 1. The van der Waals surface area contributed by atoms with Gasteiger partial charge in [0, 0.05) is 17.5 Å². The van der Waals surface area contributed by atoms with Crippen LogP contribution in [0.4, 0.5) is 8.78 Å². The normalized spacial score (nSPS) is 14.9. The van der Waals surface area contributed by atoms with Crippen LogP contribution in [-0.4, -0.2) is 18.5 Å². The van der Waals surface area contributed by atoms with Gasteiger partial charge >= 0.3 is 6.55 Å². The monoisotopic (exact) mass is 480 g/mol. The van der Waals surface area contributed by atoms with E-state index < -0.39 is 6.55 Å². The van der Waals surface area contributed by atoms with Crippen LogP contribution in [0, 0.1) is 0 Å². The Kier molecular flexibility index (Phi) is 8.33. The fraction of sp³-hybridized carbons (Fsp3) is 0.286. The lowest BCUT2D eigenvalue weighted by Crippen LogP contribution is -2.04. The van der Waals surface area contributed by atoms with Crippen molar-refractivity contribution in [2.45, 2.75) is 52.0 Å². The van der Waals surface area contributed by atoms with Gasteiger partial charge in [-0.25, -0.2) is 4.99 Å². The largest absolute Gasteiger partial charge is 0.398 e. The van der Waals surface area contributed by atoms with Gasteiger partial charge in [0.2, 0.25) is 0 Å². The fourth-order valence-electron chi connectivity index (χ4n) is 3.98. The smallest absolute Gasteiger partial charge is 0.331 e. The Morgan fingerprint density at radius 3 is 2.41 bits per heavy atom. The number of aryl methyl sites for hydroxylation is 1. The van der Waals surface area contributed by atoms with Crippen LogP contribution in [-0.2, 0) is 11.8 Å². The van der Waals surface area contributed by atoms with Crippen LogP contribution < -0.4 is 11.0 Å². The lowest BCUT2D eigenvalue weighted by atomic mass is 9.92. The van der Waals surface area contributed by atoms with Crippen LogP contribution in [0.15, 0.2) is 65.7 Å². The van der Waals surface area contributed by atoms with E-state index in [2.05, 4.69) is 57.6 Å². The van der Waals surface area contributed by atoms with Crippen LogP contribution in [0.5, 0.6) is 0 Å². The second-order valence-corrected chi connectivity index (χ2v) is 9.41. The van der Waals surface area contributed by atoms with Gasteiger partial charge in [-0.05, 0) is 76.5 Å². The standard InChI is InChI=1S/C14H16F2N2O.C14H15P/c1-3-10-4-5-11(8-12(10)9(2)19)13(17)6-7-18-14(15)16;1-14(8-9-14)12-6-7-13(15)11-5-3-2-4-10(11)12/h4-8,14H,3,17H2,1-2H3;2-7H,8-9,15H2,1H3/b13-6-,18-7+;. The van der Waals surface area contributed by atoms with Crippen molar-refractivity contribution in [2.75, 3.05) is 0 Å². The molecular formula is C28H31F2N2OP. The number of halogens is 2. The zero-order valence-corrected chi connectivity index (χ0v) is 21.0. The molecule has 34 heavy (non-hydrogen) atoms. The van der Waals surface area contributed by atoms with Crippen molar-refractivity contribution in [3.63, 3.8) is 0 Å². The highest BCUT2D eigenvalue weighted by Crippen LogP contribution is 2.49. The summed E-state index contributed by atoms with van der Waals surface area (Å²) < 4.78 is 23.7. The Hall–Kier alpha value is -2.91. The number of rotatable bonds is 6. The van der Waals surface area contributed by atoms with Crippen molar-refractivity contribution < 1.29 is 13.6 Å². The first kappa shape index (κ1) is 25.7. The summed E-state index contributed by atoms with van der Waals surface area (Å²) in [7, 11) is 2.83. The molecular weight excluding hydrogens is 449 g/mol. The van der Waals surface area contributed by atoms with Crippen molar-refractivity contribution in [2.24, 2.45) is 10.7 Å². The average Bonchev–Trinajstić information content (AvgIpc) is 3.57. The number of benzene rings is 3. The number of carbonyl (C=O) groups excluding carboxylic acids is 1. The second-order valence-electron chi connectivity index (χ2n) is 8.79.